The van der Waals surface area contributed by atoms with Gasteiger partial charge in [0.2, 0.25) is 5.88 Å². The molecule has 45 heavy (non-hydrogen) atoms. The van der Waals surface area contributed by atoms with E-state index in [1.807, 2.05) is 69.3 Å². The smallest absolute Gasteiger partial charge is 0.410 e. The number of hydrogen-bond acceptors (Lipinski definition) is 7. The van der Waals surface area contributed by atoms with Gasteiger partial charge in [0.1, 0.15) is 17.9 Å². The fraction of sp³-hybridized carbons (Fsp3) is 0.206. The summed E-state index contributed by atoms with van der Waals surface area (Å²) >= 11 is 14.0. The van der Waals surface area contributed by atoms with Gasteiger partial charge in [-0.2, -0.15) is 0 Å². The van der Waals surface area contributed by atoms with E-state index in [-0.39, 0.29) is 12.2 Å². The number of benzene rings is 2. The van der Waals surface area contributed by atoms with Crippen molar-refractivity contribution in [3.63, 3.8) is 0 Å². The van der Waals surface area contributed by atoms with Crippen LogP contribution in [0.1, 0.15) is 36.7 Å². The molecule has 1 aliphatic rings. The number of hydrogen-bond donors (Lipinski definition) is 0. The van der Waals surface area contributed by atoms with E-state index in [4.69, 9.17) is 37.7 Å². The summed E-state index contributed by atoms with van der Waals surface area (Å²) in [6, 6.07) is 18.5. The van der Waals surface area contributed by atoms with Crippen molar-refractivity contribution >= 4 is 41.2 Å². The van der Waals surface area contributed by atoms with Gasteiger partial charge in [0, 0.05) is 40.2 Å². The molecule has 6 rings (SSSR count). The number of carbonyl (C=O) groups excluding carboxylic acids is 2. The molecule has 0 atom stereocenters. The quantitative estimate of drug-likeness (QED) is 0.189. The minimum absolute atomic E-state index is 0.0203. The first kappa shape index (κ1) is 30.3. The average molecular weight is 644 g/mol. The third-order valence-electron chi connectivity index (χ3n) is 7.29. The number of halogens is 2. The van der Waals surface area contributed by atoms with Crippen molar-refractivity contribution in [1.29, 1.82) is 0 Å². The van der Waals surface area contributed by atoms with Crippen molar-refractivity contribution < 1.29 is 19.1 Å². The van der Waals surface area contributed by atoms with Crippen LogP contribution in [-0.2, 0) is 11.3 Å². The standard InChI is InChI=1S/C34H28Cl2N4O5/c1-34(2,3)45-33(43)39-14-15-44-31-21(18-39)10-11-27(38-31)26-9-5-8-25(30(26)36)24-7-4-6-23(29(24)35)20-12-13-40-28(16-20)37-17-22(19-41)32(40)42/h4-13,16-17,19H,14-15,18H2,1-3H3. The Kier molecular flexibility index (Phi) is 8.07. The molecule has 3 aromatic heterocycles. The molecule has 0 unspecified atom stereocenters. The van der Waals surface area contributed by atoms with Crippen LogP contribution >= 0.6 is 23.2 Å². The highest BCUT2D eigenvalue weighted by molar-refractivity contribution is 6.39. The van der Waals surface area contributed by atoms with Crippen LogP contribution in [-0.4, -0.2) is 50.4 Å². The first-order valence-corrected chi connectivity index (χ1v) is 14.9. The van der Waals surface area contributed by atoms with Crippen LogP contribution in [0.25, 0.3) is 39.2 Å². The number of ether oxygens (including phenoxy) is 2. The van der Waals surface area contributed by atoms with Crippen molar-refractivity contribution in [3.8, 4) is 39.4 Å². The summed E-state index contributed by atoms with van der Waals surface area (Å²) in [5.41, 5.74) is 4.26. The summed E-state index contributed by atoms with van der Waals surface area (Å²) in [4.78, 5) is 47.0. The Balaban J connectivity index is 1.33. The van der Waals surface area contributed by atoms with Gasteiger partial charge in [0.15, 0.2) is 6.29 Å². The highest BCUT2D eigenvalue weighted by atomic mass is 35.5. The Hall–Kier alpha value is -4.73. The number of carbonyl (C=O) groups is 2. The predicted molar refractivity (Wildman–Crippen MR) is 173 cm³/mol. The van der Waals surface area contributed by atoms with E-state index >= 15 is 0 Å². The molecule has 5 aromatic rings. The second-order valence-electron chi connectivity index (χ2n) is 11.5. The fourth-order valence-corrected chi connectivity index (χ4v) is 5.78. The van der Waals surface area contributed by atoms with Gasteiger partial charge < -0.3 is 14.4 Å². The van der Waals surface area contributed by atoms with Gasteiger partial charge in [-0.3, -0.25) is 14.0 Å². The Bertz CT molecular complexity index is 2040. The van der Waals surface area contributed by atoms with Crippen molar-refractivity contribution in [3.05, 3.63) is 105 Å². The van der Waals surface area contributed by atoms with Crippen LogP contribution in [0.15, 0.2) is 77.9 Å². The second kappa shape index (κ2) is 12.0. The molecule has 0 radical (unpaired) electrons. The zero-order chi connectivity index (χ0) is 31.9. The lowest BCUT2D eigenvalue weighted by atomic mass is 9.97. The van der Waals surface area contributed by atoms with Gasteiger partial charge in [0.25, 0.3) is 5.56 Å². The number of aromatic nitrogens is 3. The minimum Gasteiger partial charge on any atom is -0.476 e. The van der Waals surface area contributed by atoms with Crippen LogP contribution in [0.3, 0.4) is 0 Å². The molecule has 228 valence electrons. The zero-order valence-corrected chi connectivity index (χ0v) is 26.2. The molecule has 11 heteroatoms. The molecule has 1 amide bonds. The van der Waals surface area contributed by atoms with E-state index in [1.54, 1.807) is 23.2 Å². The van der Waals surface area contributed by atoms with Gasteiger partial charge >= 0.3 is 6.09 Å². The lowest BCUT2D eigenvalue weighted by Gasteiger charge is -2.26. The lowest BCUT2D eigenvalue weighted by molar-refractivity contribution is 0.0225. The molecule has 0 bridgehead atoms. The van der Waals surface area contributed by atoms with Gasteiger partial charge in [-0.05, 0) is 50.6 Å². The van der Waals surface area contributed by atoms with Crippen LogP contribution in [0, 0.1) is 0 Å². The van der Waals surface area contributed by atoms with Crippen LogP contribution in [0.4, 0.5) is 4.79 Å². The van der Waals surface area contributed by atoms with Gasteiger partial charge in [-0.15, -0.1) is 0 Å². The highest BCUT2D eigenvalue weighted by Gasteiger charge is 2.26. The molecule has 2 aromatic carbocycles. The van der Waals surface area contributed by atoms with Crippen molar-refractivity contribution in [2.24, 2.45) is 0 Å². The van der Waals surface area contributed by atoms with Crippen LogP contribution < -0.4 is 10.3 Å². The van der Waals surface area contributed by atoms with E-state index in [2.05, 4.69) is 4.98 Å². The Morgan fingerprint density at radius 2 is 1.67 bits per heavy atom. The normalized spacial score (nSPS) is 13.1. The molecule has 0 aliphatic carbocycles. The number of nitrogens with zero attached hydrogens (tertiary/aromatic N) is 4. The average Bonchev–Trinajstić information content (AvgIpc) is 3.23. The van der Waals surface area contributed by atoms with Gasteiger partial charge in [-0.1, -0.05) is 59.6 Å². The molecule has 0 N–H and O–H groups in total. The number of amides is 1. The molecular formula is C34H28Cl2N4O5. The Morgan fingerprint density at radius 3 is 2.38 bits per heavy atom. The molecule has 9 nitrogen and oxygen atoms in total. The number of rotatable bonds is 4. The Morgan fingerprint density at radius 1 is 0.978 bits per heavy atom. The lowest BCUT2D eigenvalue weighted by Crippen LogP contribution is -2.37. The summed E-state index contributed by atoms with van der Waals surface area (Å²) in [5, 5.41) is 0.925. The molecule has 0 saturated carbocycles. The van der Waals surface area contributed by atoms with E-state index < -0.39 is 17.3 Å². The molecule has 0 saturated heterocycles. The first-order chi connectivity index (χ1) is 21.5. The SMILES string of the molecule is CC(C)(C)OC(=O)N1CCOc2nc(-c3cccc(-c4cccc(-c5ccn6c(=O)c(C=O)cnc6c5)c4Cl)c3Cl)ccc2C1. The second-order valence-corrected chi connectivity index (χ2v) is 12.3. The maximum absolute atomic E-state index is 12.7. The summed E-state index contributed by atoms with van der Waals surface area (Å²) in [7, 11) is 0. The third kappa shape index (κ3) is 6.01. The van der Waals surface area contributed by atoms with E-state index in [1.165, 1.54) is 10.6 Å². The minimum atomic E-state index is -0.602. The summed E-state index contributed by atoms with van der Waals surface area (Å²) in [6.45, 7) is 6.45. The number of fused-ring (bicyclic) bond motifs is 2. The number of pyridine rings is 2. The molecule has 0 spiro atoms. The zero-order valence-electron chi connectivity index (χ0n) is 24.7. The van der Waals surface area contributed by atoms with E-state index in [0.29, 0.717) is 63.3 Å². The van der Waals surface area contributed by atoms with E-state index in [9.17, 15) is 14.4 Å². The molecule has 1 aliphatic heterocycles. The van der Waals surface area contributed by atoms with Crippen LogP contribution in [0.5, 0.6) is 5.88 Å². The fourth-order valence-electron chi connectivity index (χ4n) is 5.12. The number of aldehydes is 1. The highest BCUT2D eigenvalue weighted by Crippen LogP contribution is 2.42. The maximum atomic E-state index is 12.7. The maximum Gasteiger partial charge on any atom is 0.410 e. The van der Waals surface area contributed by atoms with Gasteiger partial charge in [-0.25, -0.2) is 14.8 Å². The Labute approximate surface area is 269 Å². The van der Waals surface area contributed by atoms with Gasteiger partial charge in [0.05, 0.1) is 34.4 Å². The summed E-state index contributed by atoms with van der Waals surface area (Å²) in [5.74, 6) is 0.435. The summed E-state index contributed by atoms with van der Waals surface area (Å²) < 4.78 is 12.8. The third-order valence-corrected chi connectivity index (χ3v) is 8.10. The first-order valence-electron chi connectivity index (χ1n) is 14.2. The molecule has 0 fully saturated rings. The summed E-state index contributed by atoms with van der Waals surface area (Å²) in [6.07, 6.45) is 2.92. The largest absolute Gasteiger partial charge is 0.476 e. The molecule has 4 heterocycles. The predicted octanol–water partition coefficient (Wildman–Crippen LogP) is 7.34. The van der Waals surface area contributed by atoms with E-state index in [0.717, 1.165) is 16.7 Å². The van der Waals surface area contributed by atoms with Crippen LogP contribution in [0.2, 0.25) is 10.0 Å². The van der Waals surface area contributed by atoms with Crippen molar-refractivity contribution in [1.82, 2.24) is 19.3 Å². The topological polar surface area (TPSA) is 103 Å². The van der Waals surface area contributed by atoms with Crippen molar-refractivity contribution in [2.75, 3.05) is 13.2 Å². The van der Waals surface area contributed by atoms with Crippen molar-refractivity contribution in [2.45, 2.75) is 32.9 Å². The molecular weight excluding hydrogens is 615 g/mol. The monoisotopic (exact) mass is 642 g/mol.